The van der Waals surface area contributed by atoms with Crippen molar-refractivity contribution < 1.29 is 43.2 Å². The number of benzene rings is 1. The number of piperidine rings is 1. The van der Waals surface area contributed by atoms with Gasteiger partial charge in [0, 0.05) is 39.0 Å². The Morgan fingerprint density at radius 1 is 1.02 bits per heavy atom. The van der Waals surface area contributed by atoms with E-state index in [2.05, 4.69) is 13.0 Å². The van der Waals surface area contributed by atoms with Gasteiger partial charge in [-0.1, -0.05) is 81.5 Å². The third-order valence-corrected chi connectivity index (χ3v) is 9.91. The Balaban J connectivity index is 1.62. The van der Waals surface area contributed by atoms with Crippen molar-refractivity contribution in [2.24, 2.45) is 17.8 Å². The summed E-state index contributed by atoms with van der Waals surface area (Å²) in [6, 6.07) is 8.40. The zero-order valence-electron chi connectivity index (χ0n) is 30.8. The molecule has 0 aromatic heterocycles. The lowest BCUT2D eigenvalue weighted by Gasteiger charge is -2.42. The zero-order valence-corrected chi connectivity index (χ0v) is 30.8. The number of methoxy groups -OCH3 is 2. The van der Waals surface area contributed by atoms with Crippen molar-refractivity contribution in [3.63, 3.8) is 0 Å². The molecule has 3 unspecified atom stereocenters. The van der Waals surface area contributed by atoms with Crippen LogP contribution in [0.4, 0.5) is 0 Å². The molecule has 50 heavy (non-hydrogen) atoms. The fraction of sp³-hybridized carbons (Fsp3) is 0.600. The first kappa shape index (κ1) is 41.0. The van der Waals surface area contributed by atoms with Crippen LogP contribution in [0.1, 0.15) is 91.2 Å². The fourth-order valence-electron chi connectivity index (χ4n) is 6.64. The number of likely N-dealkylation sites (tertiary alicyclic amines) is 1. The normalized spacial score (nSPS) is 25.6. The Morgan fingerprint density at radius 3 is 2.42 bits per heavy atom. The molecule has 10 nitrogen and oxygen atoms in total. The summed E-state index contributed by atoms with van der Waals surface area (Å²) >= 11 is 0. The van der Waals surface area contributed by atoms with E-state index in [-0.39, 0.29) is 36.9 Å². The van der Waals surface area contributed by atoms with Crippen molar-refractivity contribution in [2.45, 2.75) is 110 Å². The molecule has 0 spiro atoms. The predicted octanol–water partition coefficient (Wildman–Crippen LogP) is 6.09. The van der Waals surface area contributed by atoms with E-state index in [4.69, 9.17) is 18.9 Å². The monoisotopic (exact) mass is 695 g/mol. The van der Waals surface area contributed by atoms with Crippen LogP contribution < -0.4 is 0 Å². The molecule has 2 aliphatic heterocycles. The summed E-state index contributed by atoms with van der Waals surface area (Å²) in [5, 5.41) is 11.6. The molecule has 3 rings (SSSR count). The summed E-state index contributed by atoms with van der Waals surface area (Å²) in [6.45, 7) is 9.73. The molecule has 1 aromatic rings. The van der Waals surface area contributed by atoms with Gasteiger partial charge in [0.05, 0.1) is 12.2 Å². The van der Waals surface area contributed by atoms with Crippen LogP contribution in [-0.2, 0) is 38.1 Å². The number of amides is 1. The Morgan fingerprint density at radius 2 is 1.74 bits per heavy atom. The van der Waals surface area contributed by atoms with Gasteiger partial charge in [0.1, 0.15) is 18.8 Å². The maximum absolute atomic E-state index is 13.7. The highest BCUT2D eigenvalue weighted by Gasteiger charge is 2.53. The number of ether oxygens (including phenoxy) is 4. The van der Waals surface area contributed by atoms with Gasteiger partial charge in [-0.05, 0) is 69.4 Å². The number of esters is 1. The lowest BCUT2D eigenvalue weighted by Crippen LogP contribution is -2.60. The number of rotatable bonds is 17. The molecule has 2 heterocycles. The predicted molar refractivity (Wildman–Crippen MR) is 191 cm³/mol. The van der Waals surface area contributed by atoms with Crippen LogP contribution in [0.5, 0.6) is 0 Å². The van der Waals surface area contributed by atoms with E-state index in [1.54, 1.807) is 21.0 Å². The fourth-order valence-corrected chi connectivity index (χ4v) is 6.64. The SMILES string of the molecule is COCC(=O)[C@H](C)C[C@H](C)/C=C/C=C/C=C(\C)[C@H](CC1CC[C@@H](C)[C@](O)(C(=O)C(=O)N2CCCCC2C(=O)OC(C)c2ccccc2)O1)OC. The average Bonchev–Trinajstić information content (AvgIpc) is 3.11. The standard InChI is InChI=1S/C40H57NO9/c1-27(24-29(3)35(42)26-47-6)16-10-8-11-17-28(2)36(48-7)25-33-22-21-30(4)40(46,50-33)37(43)38(44)41-23-15-14-20-34(41)39(45)49-31(5)32-18-12-9-13-19-32/h8-13,16-19,27,29-31,33-34,36,46H,14-15,20-26H2,1-7H3/b11-8+,16-10+,28-17+/t27-,29-,30-,31?,33?,34?,36+,40-/m1/s1. The van der Waals surface area contributed by atoms with Crippen LogP contribution in [0.25, 0.3) is 0 Å². The highest BCUT2D eigenvalue weighted by Crippen LogP contribution is 2.36. The third-order valence-electron chi connectivity index (χ3n) is 9.91. The van der Waals surface area contributed by atoms with Gasteiger partial charge >= 0.3 is 5.97 Å². The van der Waals surface area contributed by atoms with E-state index >= 15 is 0 Å². The topological polar surface area (TPSA) is 129 Å². The van der Waals surface area contributed by atoms with Gasteiger partial charge in [-0.25, -0.2) is 4.79 Å². The number of hydrogen-bond acceptors (Lipinski definition) is 9. The first-order valence-electron chi connectivity index (χ1n) is 17.9. The van der Waals surface area contributed by atoms with Crippen molar-refractivity contribution in [1.29, 1.82) is 0 Å². The lowest BCUT2D eigenvalue weighted by molar-refractivity contribution is -0.265. The van der Waals surface area contributed by atoms with Crippen molar-refractivity contribution in [2.75, 3.05) is 27.4 Å². The minimum Gasteiger partial charge on any atom is -0.456 e. The second kappa shape index (κ2) is 19.8. The molecule has 1 aromatic carbocycles. The van der Waals surface area contributed by atoms with Crippen molar-refractivity contribution >= 4 is 23.4 Å². The summed E-state index contributed by atoms with van der Waals surface area (Å²) in [4.78, 5) is 54.0. The Bertz CT molecular complexity index is 1370. The van der Waals surface area contributed by atoms with Gasteiger partial charge in [0.25, 0.3) is 11.7 Å². The summed E-state index contributed by atoms with van der Waals surface area (Å²) in [5.74, 6) is -5.27. The maximum Gasteiger partial charge on any atom is 0.329 e. The van der Waals surface area contributed by atoms with E-state index in [1.165, 1.54) is 12.0 Å². The molecule has 2 saturated heterocycles. The molecular formula is C40H57NO9. The van der Waals surface area contributed by atoms with Crippen LogP contribution >= 0.6 is 0 Å². The molecule has 2 fully saturated rings. The lowest BCUT2D eigenvalue weighted by atomic mass is 9.85. The van der Waals surface area contributed by atoms with Crippen LogP contribution in [-0.4, -0.2) is 84.9 Å². The summed E-state index contributed by atoms with van der Waals surface area (Å²) in [7, 11) is 3.12. The Kier molecular flexibility index (Phi) is 16.2. The number of allylic oxidation sites excluding steroid dienone is 5. The number of Topliss-reactive ketones (excluding diaryl/α,β-unsaturated/α-hetero) is 2. The number of carbonyl (C=O) groups is 4. The number of carbonyl (C=O) groups excluding carboxylic acids is 4. The van der Waals surface area contributed by atoms with Crippen molar-refractivity contribution in [1.82, 2.24) is 4.90 Å². The first-order chi connectivity index (χ1) is 23.8. The highest BCUT2D eigenvalue weighted by atomic mass is 16.6. The van der Waals surface area contributed by atoms with Crippen molar-refractivity contribution in [3.05, 3.63) is 71.8 Å². The first-order valence-corrected chi connectivity index (χ1v) is 17.9. The molecule has 0 saturated carbocycles. The molecule has 8 atom stereocenters. The average molecular weight is 696 g/mol. The molecule has 2 aliphatic rings. The molecule has 1 amide bonds. The zero-order chi connectivity index (χ0) is 36.8. The van der Waals surface area contributed by atoms with Crippen LogP contribution in [0, 0.1) is 17.8 Å². The minimum absolute atomic E-state index is 0.0705. The van der Waals surface area contributed by atoms with Gasteiger partial charge in [-0.15, -0.1) is 0 Å². The molecule has 0 radical (unpaired) electrons. The quantitative estimate of drug-likeness (QED) is 0.117. The summed E-state index contributed by atoms with van der Waals surface area (Å²) in [6.07, 6.45) is 12.2. The molecule has 0 bridgehead atoms. The number of ketones is 2. The van der Waals surface area contributed by atoms with Crippen LogP contribution in [0.2, 0.25) is 0 Å². The third kappa shape index (κ3) is 11.3. The maximum atomic E-state index is 13.7. The molecule has 10 heteroatoms. The highest BCUT2D eigenvalue weighted by molar-refractivity contribution is 6.39. The number of nitrogens with zero attached hydrogens (tertiary/aromatic N) is 1. The largest absolute Gasteiger partial charge is 0.456 e. The number of aliphatic hydroxyl groups is 1. The molecule has 276 valence electrons. The number of hydrogen-bond donors (Lipinski definition) is 1. The van der Waals surface area contributed by atoms with Gasteiger partial charge < -0.3 is 29.0 Å². The summed E-state index contributed by atoms with van der Waals surface area (Å²) < 4.78 is 22.5. The Hall–Kier alpha value is -3.44. The van der Waals surface area contributed by atoms with E-state index in [1.807, 2.05) is 68.5 Å². The molecule has 1 N–H and O–H groups in total. The summed E-state index contributed by atoms with van der Waals surface area (Å²) in [5.41, 5.74) is 1.75. The molecular weight excluding hydrogens is 638 g/mol. The molecule has 0 aliphatic carbocycles. The van der Waals surface area contributed by atoms with E-state index in [0.717, 1.165) is 17.6 Å². The minimum atomic E-state index is -2.33. The van der Waals surface area contributed by atoms with Gasteiger partial charge in [-0.2, -0.15) is 0 Å². The second-order valence-electron chi connectivity index (χ2n) is 13.9. The van der Waals surface area contributed by atoms with Gasteiger partial charge in [-0.3, -0.25) is 14.4 Å². The smallest absolute Gasteiger partial charge is 0.329 e. The van der Waals surface area contributed by atoms with Crippen molar-refractivity contribution in [3.8, 4) is 0 Å². The van der Waals surface area contributed by atoms with E-state index in [9.17, 15) is 24.3 Å². The van der Waals surface area contributed by atoms with Gasteiger partial charge in [0.15, 0.2) is 5.78 Å². The second-order valence-corrected chi connectivity index (χ2v) is 13.9. The van der Waals surface area contributed by atoms with E-state index < -0.39 is 47.6 Å². The van der Waals surface area contributed by atoms with Crippen LogP contribution in [0.3, 0.4) is 0 Å². The van der Waals surface area contributed by atoms with Crippen LogP contribution in [0.15, 0.2) is 66.3 Å². The Labute approximate surface area is 297 Å². The van der Waals surface area contributed by atoms with E-state index in [0.29, 0.717) is 38.5 Å². The van der Waals surface area contributed by atoms with Gasteiger partial charge in [0.2, 0.25) is 5.79 Å².